The summed E-state index contributed by atoms with van der Waals surface area (Å²) in [5.41, 5.74) is 4.01. The Morgan fingerprint density at radius 3 is 2.83 bits per heavy atom. The SMILES string of the molecule is Cc1ccc2onc(CC(=O)Nc3cc(C)nn3-c3ccc4ccccc4n3)c2c1. The number of hydrogen-bond donors (Lipinski definition) is 1. The van der Waals surface area contributed by atoms with Crippen LogP contribution >= 0.6 is 0 Å². The maximum atomic E-state index is 12.8. The number of para-hydroxylation sites is 1. The number of nitrogens with one attached hydrogen (secondary N) is 1. The first-order valence-corrected chi connectivity index (χ1v) is 9.64. The largest absolute Gasteiger partial charge is 0.356 e. The predicted molar refractivity (Wildman–Crippen MR) is 115 cm³/mol. The Morgan fingerprint density at radius 1 is 1.07 bits per heavy atom. The van der Waals surface area contributed by atoms with Crippen LogP contribution in [0.5, 0.6) is 0 Å². The van der Waals surface area contributed by atoms with E-state index >= 15 is 0 Å². The Hall–Kier alpha value is -4.00. The highest BCUT2D eigenvalue weighted by molar-refractivity contribution is 5.94. The molecule has 5 aromatic rings. The van der Waals surface area contributed by atoms with Gasteiger partial charge in [-0.2, -0.15) is 9.78 Å². The van der Waals surface area contributed by atoms with E-state index in [9.17, 15) is 4.79 Å². The molecular formula is C23H19N5O2. The maximum absolute atomic E-state index is 12.8. The lowest BCUT2D eigenvalue weighted by Crippen LogP contribution is -2.17. The molecule has 7 nitrogen and oxygen atoms in total. The van der Waals surface area contributed by atoms with Crippen LogP contribution in [0, 0.1) is 13.8 Å². The third kappa shape index (κ3) is 3.30. The van der Waals surface area contributed by atoms with Crippen LogP contribution in [0.2, 0.25) is 0 Å². The number of fused-ring (bicyclic) bond motifs is 2. The molecule has 2 aromatic carbocycles. The molecule has 0 saturated heterocycles. The molecule has 0 spiro atoms. The summed E-state index contributed by atoms with van der Waals surface area (Å²) in [4.78, 5) is 17.4. The molecule has 0 aliphatic rings. The van der Waals surface area contributed by atoms with Crippen molar-refractivity contribution in [2.45, 2.75) is 20.3 Å². The summed E-state index contributed by atoms with van der Waals surface area (Å²) in [5, 5.41) is 13.4. The van der Waals surface area contributed by atoms with Gasteiger partial charge >= 0.3 is 0 Å². The molecule has 3 heterocycles. The van der Waals surface area contributed by atoms with Crippen molar-refractivity contribution in [2.75, 3.05) is 5.32 Å². The van der Waals surface area contributed by atoms with E-state index in [4.69, 9.17) is 4.52 Å². The van der Waals surface area contributed by atoms with Crippen LogP contribution in [0.1, 0.15) is 17.0 Å². The molecule has 148 valence electrons. The van der Waals surface area contributed by atoms with Gasteiger partial charge in [-0.1, -0.05) is 35.0 Å². The van der Waals surface area contributed by atoms with Crippen LogP contribution in [0.25, 0.3) is 27.7 Å². The zero-order valence-corrected chi connectivity index (χ0v) is 16.6. The molecular weight excluding hydrogens is 378 g/mol. The Morgan fingerprint density at radius 2 is 1.93 bits per heavy atom. The average molecular weight is 397 g/mol. The Labute approximate surface area is 172 Å². The van der Waals surface area contributed by atoms with Crippen molar-refractivity contribution in [2.24, 2.45) is 0 Å². The highest BCUT2D eigenvalue weighted by Gasteiger charge is 2.16. The number of rotatable bonds is 4. The van der Waals surface area contributed by atoms with Gasteiger partial charge in [-0.3, -0.25) is 4.79 Å². The van der Waals surface area contributed by atoms with E-state index in [1.54, 1.807) is 4.68 Å². The third-order valence-corrected chi connectivity index (χ3v) is 4.93. The van der Waals surface area contributed by atoms with Gasteiger partial charge in [0.2, 0.25) is 5.91 Å². The number of aryl methyl sites for hydroxylation is 2. The minimum atomic E-state index is -0.200. The van der Waals surface area contributed by atoms with Crippen molar-refractivity contribution < 1.29 is 9.32 Å². The Bertz CT molecular complexity index is 1400. The lowest BCUT2D eigenvalue weighted by Gasteiger charge is -2.08. The Balaban J connectivity index is 1.43. The van der Waals surface area contributed by atoms with Gasteiger partial charge in [-0.25, -0.2) is 4.98 Å². The van der Waals surface area contributed by atoms with Gasteiger partial charge in [0.25, 0.3) is 0 Å². The average Bonchev–Trinajstić information content (AvgIpc) is 3.30. The molecule has 3 aromatic heterocycles. The molecule has 0 unspecified atom stereocenters. The van der Waals surface area contributed by atoms with Crippen molar-refractivity contribution >= 4 is 33.6 Å². The maximum Gasteiger partial charge on any atom is 0.231 e. The molecule has 1 amide bonds. The quantitative estimate of drug-likeness (QED) is 0.487. The number of hydrogen-bond acceptors (Lipinski definition) is 5. The van der Waals surface area contributed by atoms with Crippen LogP contribution in [0.3, 0.4) is 0 Å². The zero-order chi connectivity index (χ0) is 20.7. The van der Waals surface area contributed by atoms with E-state index in [1.165, 1.54) is 0 Å². The number of pyridine rings is 1. The van der Waals surface area contributed by atoms with Gasteiger partial charge in [0.05, 0.1) is 17.6 Å². The molecule has 0 saturated carbocycles. The van der Waals surface area contributed by atoms with Crippen molar-refractivity contribution in [3.63, 3.8) is 0 Å². The van der Waals surface area contributed by atoms with Gasteiger partial charge in [-0.05, 0) is 44.2 Å². The summed E-state index contributed by atoms with van der Waals surface area (Å²) >= 11 is 0. The van der Waals surface area contributed by atoms with Gasteiger partial charge in [0.15, 0.2) is 11.4 Å². The molecule has 0 aliphatic heterocycles. The van der Waals surface area contributed by atoms with E-state index in [2.05, 4.69) is 20.6 Å². The number of aromatic nitrogens is 4. The summed E-state index contributed by atoms with van der Waals surface area (Å²) in [6.45, 7) is 3.87. The number of nitrogens with zero attached hydrogens (tertiary/aromatic N) is 4. The summed E-state index contributed by atoms with van der Waals surface area (Å²) < 4.78 is 6.98. The molecule has 0 radical (unpaired) electrons. The number of carbonyl (C=O) groups excluding carboxylic acids is 1. The highest BCUT2D eigenvalue weighted by Crippen LogP contribution is 2.22. The van der Waals surface area contributed by atoms with E-state index in [-0.39, 0.29) is 12.3 Å². The number of benzene rings is 2. The van der Waals surface area contributed by atoms with Crippen LogP contribution in [0.15, 0.2) is 65.2 Å². The molecule has 7 heteroatoms. The van der Waals surface area contributed by atoms with Gasteiger partial charge in [-0.15, -0.1) is 0 Å². The van der Waals surface area contributed by atoms with Crippen molar-refractivity contribution in [3.8, 4) is 5.82 Å². The fraction of sp³-hybridized carbons (Fsp3) is 0.130. The number of carbonyl (C=O) groups is 1. The van der Waals surface area contributed by atoms with Gasteiger partial charge in [0.1, 0.15) is 11.5 Å². The number of amides is 1. The molecule has 5 rings (SSSR count). The van der Waals surface area contributed by atoms with Crippen LogP contribution in [0.4, 0.5) is 5.82 Å². The van der Waals surface area contributed by atoms with Crippen molar-refractivity contribution in [1.29, 1.82) is 0 Å². The monoisotopic (exact) mass is 397 g/mol. The first kappa shape index (κ1) is 18.1. The molecule has 0 aliphatic carbocycles. The minimum Gasteiger partial charge on any atom is -0.356 e. The van der Waals surface area contributed by atoms with Crippen molar-refractivity contribution in [1.82, 2.24) is 19.9 Å². The summed E-state index contributed by atoms with van der Waals surface area (Å²) in [7, 11) is 0. The second kappa shape index (κ2) is 7.11. The number of anilines is 1. The summed E-state index contributed by atoms with van der Waals surface area (Å²) in [5.74, 6) is 0.998. The second-order valence-corrected chi connectivity index (χ2v) is 7.30. The van der Waals surface area contributed by atoms with E-state index < -0.39 is 0 Å². The topological polar surface area (TPSA) is 85.8 Å². The minimum absolute atomic E-state index is 0.103. The van der Waals surface area contributed by atoms with E-state index in [0.29, 0.717) is 22.9 Å². The standard InChI is InChI=1S/C23H19N5O2/c1-14-7-9-20-17(11-14)19(27-30-20)13-23(29)25-22-12-15(2)26-28(22)21-10-8-16-5-3-4-6-18(16)24-21/h3-12H,13H2,1-2H3,(H,25,29). The first-order valence-electron chi connectivity index (χ1n) is 9.64. The second-order valence-electron chi connectivity index (χ2n) is 7.30. The smallest absolute Gasteiger partial charge is 0.231 e. The predicted octanol–water partition coefficient (Wildman–Crippen LogP) is 4.36. The Kier molecular flexibility index (Phi) is 4.28. The normalized spacial score (nSPS) is 11.3. The van der Waals surface area contributed by atoms with Crippen LogP contribution < -0.4 is 5.32 Å². The van der Waals surface area contributed by atoms with Gasteiger partial charge in [0, 0.05) is 16.8 Å². The summed E-state index contributed by atoms with van der Waals surface area (Å²) in [6, 6.07) is 19.4. The first-order chi connectivity index (χ1) is 14.6. The van der Waals surface area contributed by atoms with Gasteiger partial charge < -0.3 is 9.84 Å². The van der Waals surface area contributed by atoms with Crippen LogP contribution in [-0.2, 0) is 11.2 Å². The molecule has 30 heavy (non-hydrogen) atoms. The molecule has 0 fully saturated rings. The van der Waals surface area contributed by atoms with Crippen molar-refractivity contribution in [3.05, 3.63) is 77.6 Å². The molecule has 0 atom stereocenters. The highest BCUT2D eigenvalue weighted by atomic mass is 16.5. The van der Waals surface area contributed by atoms with Crippen LogP contribution in [-0.4, -0.2) is 25.8 Å². The zero-order valence-electron chi connectivity index (χ0n) is 16.6. The fourth-order valence-corrected chi connectivity index (χ4v) is 3.51. The van der Waals surface area contributed by atoms with E-state index in [1.807, 2.05) is 74.5 Å². The van der Waals surface area contributed by atoms with E-state index in [0.717, 1.165) is 27.5 Å². The lowest BCUT2D eigenvalue weighted by molar-refractivity contribution is -0.115. The third-order valence-electron chi connectivity index (χ3n) is 4.93. The summed E-state index contributed by atoms with van der Waals surface area (Å²) in [6.07, 6.45) is 0.103. The molecule has 1 N–H and O–H groups in total. The lowest BCUT2D eigenvalue weighted by atomic mass is 10.1. The fourth-order valence-electron chi connectivity index (χ4n) is 3.51. The molecule has 0 bridgehead atoms.